The molecule has 3 saturated heterocycles. The molecular formula is C46H53BN2O17. The van der Waals surface area contributed by atoms with Crippen molar-refractivity contribution in [3.63, 3.8) is 0 Å². The van der Waals surface area contributed by atoms with Gasteiger partial charge in [0, 0.05) is 42.4 Å². The molecule has 2 N–H and O–H groups in total. The molecule has 5 fully saturated rings. The van der Waals surface area contributed by atoms with Crippen molar-refractivity contribution >= 4 is 48.5 Å². The molecule has 3 aliphatic carbocycles. The third kappa shape index (κ3) is 6.33. The predicted octanol–water partition coefficient (Wildman–Crippen LogP) is 4.45. The lowest BCUT2D eigenvalue weighted by Gasteiger charge is -2.65. The van der Waals surface area contributed by atoms with Gasteiger partial charge in [-0.3, -0.25) is 9.78 Å². The Kier molecular flexibility index (Phi) is 11.2. The quantitative estimate of drug-likeness (QED) is 0.145. The molecule has 1 aromatic carbocycles. The molecule has 4 heterocycles. The summed E-state index contributed by atoms with van der Waals surface area (Å²) >= 11 is 0. The van der Waals surface area contributed by atoms with Crippen molar-refractivity contribution in [3.8, 4) is 0 Å². The van der Waals surface area contributed by atoms with E-state index >= 15 is 4.79 Å². The highest BCUT2D eigenvalue weighted by atomic mass is 16.8. The van der Waals surface area contributed by atoms with E-state index in [1.807, 2.05) is 0 Å². The number of nitrogens with one attached hydrogen (secondary N) is 1. The van der Waals surface area contributed by atoms with Crippen LogP contribution in [-0.4, -0.2) is 133 Å². The maximum absolute atomic E-state index is 16.1. The van der Waals surface area contributed by atoms with E-state index in [2.05, 4.69) is 10.3 Å². The summed E-state index contributed by atoms with van der Waals surface area (Å²) in [6, 6.07) is 10.9. The second kappa shape index (κ2) is 15.9. The van der Waals surface area contributed by atoms with Crippen LogP contribution in [-0.2, 0) is 57.0 Å². The molecule has 352 valence electrons. The average molecular weight is 917 g/mol. The standard InChI is InChI=1S/C46H53BN2O17/c1-22-28-32(58-9)33(52)43(8)26(61-39(56)59-10)20-27-44(21-60-27)46(43,47(44)23(2)50)37(64-35(53)24-16-12-11-13-17-24)45(42(28,6)7)34(63-40(57)66-45)31(22)62-36(54)30(51)29(25-18-14-15-19-48-25)49-38(55)65-41(3,4)5/h11-19,26-27,29-32,34,37,51H,20-21H2,1-10H3,(H,49,55)/t26-,27+,29-,30+,31+,32+,34-,37+,43-,44-,45+,46+/m0/s1. The van der Waals surface area contributed by atoms with Crippen molar-refractivity contribution in [2.45, 2.75) is 132 Å². The summed E-state index contributed by atoms with van der Waals surface area (Å²) in [5.41, 5.74) is -7.03. The van der Waals surface area contributed by atoms with Gasteiger partial charge in [-0.1, -0.05) is 38.1 Å². The van der Waals surface area contributed by atoms with Crippen LogP contribution in [0.15, 0.2) is 65.9 Å². The smallest absolute Gasteiger partial charge is 0.454 e. The maximum atomic E-state index is 16.1. The molecule has 2 aromatic rings. The number of benzene rings is 1. The molecule has 19 nitrogen and oxygen atoms in total. The molecule has 8 rings (SSSR count). The fraction of sp³-hybridized carbons (Fsp3) is 0.565. The lowest BCUT2D eigenvalue weighted by molar-refractivity contribution is -0.244. The van der Waals surface area contributed by atoms with Crippen LogP contribution in [0.2, 0.25) is 10.6 Å². The van der Waals surface area contributed by atoms with Crippen LogP contribution in [0.3, 0.4) is 0 Å². The first-order valence-electron chi connectivity index (χ1n) is 21.6. The minimum atomic E-state index is -2.31. The number of nitrogens with zero attached hydrogens (tertiary/aromatic N) is 1. The first kappa shape index (κ1) is 46.7. The van der Waals surface area contributed by atoms with Gasteiger partial charge in [0.25, 0.3) is 0 Å². The van der Waals surface area contributed by atoms with E-state index in [0.29, 0.717) is 0 Å². The van der Waals surface area contributed by atoms with E-state index < -0.39 is 130 Å². The van der Waals surface area contributed by atoms with E-state index in [9.17, 15) is 33.9 Å². The minimum absolute atomic E-state index is 0.0499. The van der Waals surface area contributed by atoms with Crippen LogP contribution in [0.4, 0.5) is 14.4 Å². The minimum Gasteiger partial charge on any atom is -0.454 e. The number of aliphatic hydroxyl groups excluding tert-OH is 1. The van der Waals surface area contributed by atoms with Gasteiger partial charge in [0.15, 0.2) is 24.1 Å². The fourth-order valence-electron chi connectivity index (χ4n) is 12.4. The molecule has 20 heteroatoms. The SMILES string of the molecule is COC(=O)O[C@H]1C[C@H]2OC[C@]23B(C(C)=O)[C@@]32[C@H](OC(=O)c3ccccc3)[C@]34OC(=O)O[C@H]3[C@H](OC(=O)[C@H](O)[C@@H](NC(=O)OC(C)(C)C)c3ccccn3)C(C)=C([C@@H](OC)C(=O)[C@]12C)C4(C)C. The summed E-state index contributed by atoms with van der Waals surface area (Å²) < 4.78 is 54.2. The Morgan fingerprint density at radius 2 is 1.65 bits per heavy atom. The second-order valence-corrected chi connectivity index (χ2v) is 19.5. The molecule has 3 spiro atoms. The van der Waals surface area contributed by atoms with Gasteiger partial charge in [0.1, 0.15) is 30.0 Å². The zero-order valence-electron chi connectivity index (χ0n) is 38.2. The van der Waals surface area contributed by atoms with Crippen molar-refractivity contribution in [2.75, 3.05) is 20.8 Å². The number of ketones is 1. The Labute approximate surface area is 380 Å². The van der Waals surface area contributed by atoms with E-state index in [-0.39, 0.29) is 35.4 Å². The zero-order valence-corrected chi connectivity index (χ0v) is 38.2. The largest absolute Gasteiger partial charge is 0.509 e. The number of aromatic nitrogens is 1. The summed E-state index contributed by atoms with van der Waals surface area (Å²) in [6.07, 6.45) is -13.5. The number of fused-ring (bicyclic) bond motifs is 1. The Balaban J connectivity index is 1.36. The highest BCUT2D eigenvalue weighted by molar-refractivity contribution is 7.04. The highest BCUT2D eigenvalue weighted by Crippen LogP contribution is 2.94. The van der Waals surface area contributed by atoms with Gasteiger partial charge in [-0.2, -0.15) is 0 Å². The lowest BCUT2D eigenvalue weighted by atomic mass is 9.40. The normalized spacial score (nSPS) is 34.3. The molecule has 6 aliphatic rings. The number of pyridine rings is 1. The number of methoxy groups -OCH3 is 2. The molecule has 3 aliphatic heterocycles. The molecule has 1 amide bonds. The summed E-state index contributed by atoms with van der Waals surface area (Å²) in [6.45, 7) is 11.2. The van der Waals surface area contributed by atoms with E-state index in [0.717, 1.165) is 7.11 Å². The molecule has 12 atom stereocenters. The van der Waals surface area contributed by atoms with Crippen molar-refractivity contribution in [1.82, 2.24) is 10.3 Å². The van der Waals surface area contributed by atoms with Crippen molar-refractivity contribution in [3.05, 3.63) is 77.1 Å². The lowest BCUT2D eigenvalue weighted by Crippen LogP contribution is -2.76. The average Bonchev–Trinajstić information content (AvgIpc) is 3.82. The number of Topliss-reactive ketones (excluding diaryl/α,β-unsaturated/α-hetero) is 1. The van der Waals surface area contributed by atoms with Crippen molar-refractivity contribution in [2.24, 2.45) is 10.8 Å². The summed E-state index contributed by atoms with van der Waals surface area (Å²) in [5.74, 6) is -2.99. The summed E-state index contributed by atoms with van der Waals surface area (Å²) in [4.78, 5) is 104. The topological polar surface area (TPSA) is 248 Å². The Morgan fingerprint density at radius 3 is 2.23 bits per heavy atom. The number of hydrogen-bond donors (Lipinski definition) is 2. The number of carbonyl (C=O) groups excluding carboxylic acids is 7. The molecular weight excluding hydrogens is 863 g/mol. The van der Waals surface area contributed by atoms with Crippen LogP contribution in [0.1, 0.15) is 83.9 Å². The van der Waals surface area contributed by atoms with E-state index in [4.69, 9.17) is 42.6 Å². The van der Waals surface area contributed by atoms with Gasteiger partial charge in [0.2, 0.25) is 12.3 Å². The van der Waals surface area contributed by atoms with Crippen molar-refractivity contribution < 1.29 is 81.3 Å². The molecule has 1 aromatic heterocycles. The fourth-order valence-corrected chi connectivity index (χ4v) is 12.4. The predicted molar refractivity (Wildman–Crippen MR) is 226 cm³/mol. The van der Waals surface area contributed by atoms with Gasteiger partial charge in [0.05, 0.1) is 35.6 Å². The van der Waals surface area contributed by atoms with E-state index in [1.165, 1.54) is 52.3 Å². The number of hydrogen-bond acceptors (Lipinski definition) is 18. The monoisotopic (exact) mass is 916 g/mol. The molecule has 66 heavy (non-hydrogen) atoms. The number of alkyl carbamates (subject to hydrolysis) is 1. The van der Waals surface area contributed by atoms with Crippen LogP contribution < -0.4 is 5.32 Å². The molecule has 0 radical (unpaired) electrons. The van der Waals surface area contributed by atoms with Crippen LogP contribution in [0.25, 0.3) is 0 Å². The van der Waals surface area contributed by atoms with Crippen molar-refractivity contribution in [1.29, 1.82) is 0 Å². The van der Waals surface area contributed by atoms with Crippen LogP contribution in [0.5, 0.6) is 0 Å². The first-order chi connectivity index (χ1) is 31.0. The number of rotatable bonds is 10. The molecule has 2 bridgehead atoms. The third-order valence-electron chi connectivity index (χ3n) is 14.9. The summed E-state index contributed by atoms with van der Waals surface area (Å²) in [5, 5.41) is 11.2. The van der Waals surface area contributed by atoms with Gasteiger partial charge in [-0.25, -0.2) is 24.0 Å². The number of ether oxygens (including phenoxy) is 9. The maximum Gasteiger partial charge on any atom is 0.509 e. The zero-order chi connectivity index (χ0) is 48.1. The van der Waals surface area contributed by atoms with Crippen LogP contribution in [0, 0.1) is 10.8 Å². The Hall–Kier alpha value is -5.86. The molecule has 2 saturated carbocycles. The number of esters is 2. The van der Waals surface area contributed by atoms with Crippen LogP contribution >= 0.6 is 0 Å². The number of carbonyl (C=O) groups is 7. The number of amides is 1. The Bertz CT molecular complexity index is 2410. The second-order valence-electron chi connectivity index (χ2n) is 19.5. The van der Waals surface area contributed by atoms with Gasteiger partial charge in [-0.15, -0.1) is 0 Å². The molecule has 0 unspecified atom stereocenters. The van der Waals surface area contributed by atoms with Gasteiger partial charge >= 0.3 is 30.3 Å². The third-order valence-corrected chi connectivity index (χ3v) is 14.9. The van der Waals surface area contributed by atoms with E-state index in [1.54, 1.807) is 65.0 Å². The van der Waals surface area contributed by atoms with Gasteiger partial charge in [-0.05, 0) is 77.0 Å². The highest BCUT2D eigenvalue weighted by Gasteiger charge is 3.01. The first-order valence-corrected chi connectivity index (χ1v) is 21.6. The summed E-state index contributed by atoms with van der Waals surface area (Å²) in [7, 11) is 2.36. The number of aliphatic hydroxyl groups is 1. The Morgan fingerprint density at radius 1 is 0.970 bits per heavy atom. The van der Waals surface area contributed by atoms with Gasteiger partial charge < -0.3 is 57.8 Å².